The summed E-state index contributed by atoms with van der Waals surface area (Å²) in [6.07, 6.45) is 2.38. The fourth-order valence-corrected chi connectivity index (χ4v) is 3.62. The van der Waals surface area contributed by atoms with Gasteiger partial charge in [-0.15, -0.1) is 0 Å². The average Bonchev–Trinajstić information content (AvgIpc) is 2.56. The Balaban J connectivity index is 1.71. The zero-order valence-corrected chi connectivity index (χ0v) is 15.9. The molecule has 1 amide bonds. The molecule has 3 nitrogen and oxygen atoms in total. The third-order valence-electron chi connectivity index (χ3n) is 4.42. The fraction of sp³-hybridized carbons (Fsp3) is 0.316. The lowest BCUT2D eigenvalue weighted by Gasteiger charge is -2.32. The lowest BCUT2D eigenvalue weighted by Crippen LogP contribution is -2.32. The van der Waals surface area contributed by atoms with Crippen LogP contribution in [-0.2, 0) is 0 Å². The largest absolute Gasteiger partial charge is 0.370 e. The minimum Gasteiger partial charge on any atom is -0.370 e. The van der Waals surface area contributed by atoms with E-state index in [0.717, 1.165) is 29.2 Å². The number of benzene rings is 2. The molecule has 1 heterocycles. The highest BCUT2D eigenvalue weighted by Gasteiger charge is 2.18. The number of halogens is 2. The molecule has 0 bridgehead atoms. The van der Waals surface area contributed by atoms with E-state index in [0.29, 0.717) is 16.3 Å². The molecule has 1 aliphatic rings. The molecular formula is C19H20BrClN2O. The summed E-state index contributed by atoms with van der Waals surface area (Å²) in [5, 5.41) is 3.58. The first kappa shape index (κ1) is 17.3. The zero-order chi connectivity index (χ0) is 17.1. The van der Waals surface area contributed by atoms with Crippen molar-refractivity contribution in [2.24, 2.45) is 5.92 Å². The van der Waals surface area contributed by atoms with Gasteiger partial charge in [0, 0.05) is 28.8 Å². The van der Waals surface area contributed by atoms with Crippen LogP contribution in [0.2, 0.25) is 5.02 Å². The van der Waals surface area contributed by atoms with E-state index < -0.39 is 0 Å². The molecule has 0 radical (unpaired) electrons. The summed E-state index contributed by atoms with van der Waals surface area (Å²) < 4.78 is 0.878. The van der Waals surface area contributed by atoms with E-state index in [1.54, 1.807) is 12.1 Å². The molecule has 5 heteroatoms. The van der Waals surface area contributed by atoms with Gasteiger partial charge >= 0.3 is 0 Å². The number of anilines is 2. The molecule has 1 N–H and O–H groups in total. The molecule has 0 spiro atoms. The number of nitrogens with one attached hydrogen (secondary N) is 1. The number of piperidine rings is 1. The maximum atomic E-state index is 12.3. The van der Waals surface area contributed by atoms with Gasteiger partial charge in [-0.25, -0.2) is 0 Å². The molecule has 126 valence electrons. The standard InChI is InChI=1S/C19H20BrClN2O/c1-13-7-9-23(10-8-13)18-6-5-16(12-17(18)21)22-19(24)14-3-2-4-15(20)11-14/h2-6,11-13H,7-10H2,1H3,(H,22,24). The third-order valence-corrected chi connectivity index (χ3v) is 5.21. The molecular weight excluding hydrogens is 388 g/mol. The average molecular weight is 408 g/mol. The zero-order valence-electron chi connectivity index (χ0n) is 13.6. The van der Waals surface area contributed by atoms with E-state index in [1.165, 1.54) is 12.8 Å². The van der Waals surface area contributed by atoms with Crippen LogP contribution >= 0.6 is 27.5 Å². The summed E-state index contributed by atoms with van der Waals surface area (Å²) in [6.45, 7) is 4.36. The smallest absolute Gasteiger partial charge is 0.255 e. The van der Waals surface area contributed by atoms with Gasteiger partial charge in [0.2, 0.25) is 0 Å². The van der Waals surface area contributed by atoms with Gasteiger partial charge in [-0.05, 0) is 55.2 Å². The summed E-state index contributed by atoms with van der Waals surface area (Å²) in [5.41, 5.74) is 2.36. The van der Waals surface area contributed by atoms with Gasteiger partial charge in [0.05, 0.1) is 10.7 Å². The van der Waals surface area contributed by atoms with Crippen molar-refractivity contribution in [1.29, 1.82) is 0 Å². The van der Waals surface area contributed by atoms with Crippen LogP contribution in [0.3, 0.4) is 0 Å². The highest BCUT2D eigenvalue weighted by molar-refractivity contribution is 9.10. The Morgan fingerprint density at radius 1 is 1.21 bits per heavy atom. The maximum Gasteiger partial charge on any atom is 0.255 e. The quantitative estimate of drug-likeness (QED) is 0.719. The Morgan fingerprint density at radius 2 is 1.96 bits per heavy atom. The first-order chi connectivity index (χ1) is 11.5. The third kappa shape index (κ3) is 4.11. The molecule has 1 fully saturated rings. The molecule has 0 atom stereocenters. The van der Waals surface area contributed by atoms with E-state index in [4.69, 9.17) is 11.6 Å². The molecule has 3 rings (SSSR count). The number of hydrogen-bond donors (Lipinski definition) is 1. The molecule has 0 aromatic heterocycles. The Bertz CT molecular complexity index is 742. The summed E-state index contributed by atoms with van der Waals surface area (Å²) in [7, 11) is 0. The molecule has 2 aromatic rings. The number of amides is 1. The van der Waals surface area contributed by atoms with Crippen LogP contribution in [0.15, 0.2) is 46.9 Å². The van der Waals surface area contributed by atoms with E-state index in [1.807, 2.05) is 30.3 Å². The lowest BCUT2D eigenvalue weighted by molar-refractivity contribution is 0.102. The Morgan fingerprint density at radius 3 is 2.62 bits per heavy atom. The van der Waals surface area contributed by atoms with Crippen LogP contribution in [0.25, 0.3) is 0 Å². The minimum atomic E-state index is -0.146. The topological polar surface area (TPSA) is 32.3 Å². The van der Waals surface area contributed by atoms with E-state index in [2.05, 4.69) is 33.1 Å². The molecule has 0 unspecified atom stereocenters. The Labute approximate surface area is 156 Å². The van der Waals surface area contributed by atoms with Crippen LogP contribution in [-0.4, -0.2) is 19.0 Å². The predicted octanol–water partition coefficient (Wildman–Crippen LogP) is 5.59. The summed E-state index contributed by atoms with van der Waals surface area (Å²) in [4.78, 5) is 14.6. The van der Waals surface area contributed by atoms with E-state index in [-0.39, 0.29) is 5.91 Å². The molecule has 1 aliphatic heterocycles. The summed E-state index contributed by atoms with van der Waals surface area (Å²) >= 11 is 9.83. The van der Waals surface area contributed by atoms with Crippen LogP contribution < -0.4 is 10.2 Å². The van der Waals surface area contributed by atoms with E-state index >= 15 is 0 Å². The van der Waals surface area contributed by atoms with Gasteiger partial charge in [-0.3, -0.25) is 4.79 Å². The normalized spacial score (nSPS) is 15.4. The van der Waals surface area contributed by atoms with Crippen molar-refractivity contribution in [3.63, 3.8) is 0 Å². The minimum absolute atomic E-state index is 0.146. The monoisotopic (exact) mass is 406 g/mol. The first-order valence-corrected chi connectivity index (χ1v) is 9.31. The van der Waals surface area contributed by atoms with Gasteiger partial charge in [0.1, 0.15) is 0 Å². The second-order valence-electron chi connectivity index (χ2n) is 6.30. The van der Waals surface area contributed by atoms with E-state index in [9.17, 15) is 4.79 Å². The first-order valence-electron chi connectivity index (χ1n) is 8.14. The van der Waals surface area contributed by atoms with Crippen LogP contribution in [0.1, 0.15) is 30.1 Å². The molecule has 1 saturated heterocycles. The van der Waals surface area contributed by atoms with Gasteiger partial charge in [-0.1, -0.05) is 40.5 Å². The van der Waals surface area contributed by atoms with Gasteiger partial charge in [-0.2, -0.15) is 0 Å². The number of rotatable bonds is 3. The summed E-state index contributed by atoms with van der Waals surface area (Å²) in [5.74, 6) is 0.635. The van der Waals surface area contributed by atoms with Crippen molar-refractivity contribution in [3.05, 3.63) is 57.5 Å². The van der Waals surface area contributed by atoms with Crippen molar-refractivity contribution in [2.75, 3.05) is 23.3 Å². The fourth-order valence-electron chi connectivity index (χ4n) is 2.92. The maximum absolute atomic E-state index is 12.3. The van der Waals surface area contributed by atoms with Crippen LogP contribution in [0, 0.1) is 5.92 Å². The second-order valence-corrected chi connectivity index (χ2v) is 7.62. The van der Waals surface area contributed by atoms with Crippen molar-refractivity contribution in [2.45, 2.75) is 19.8 Å². The number of nitrogens with zero attached hydrogens (tertiary/aromatic N) is 1. The van der Waals surface area contributed by atoms with Gasteiger partial charge < -0.3 is 10.2 Å². The summed E-state index contributed by atoms with van der Waals surface area (Å²) in [6, 6.07) is 13.0. The Hall–Kier alpha value is -1.52. The molecule has 2 aromatic carbocycles. The molecule has 24 heavy (non-hydrogen) atoms. The SMILES string of the molecule is CC1CCN(c2ccc(NC(=O)c3cccc(Br)c3)cc2Cl)CC1. The second kappa shape index (κ2) is 7.58. The van der Waals surface area contributed by atoms with Crippen LogP contribution in [0.5, 0.6) is 0 Å². The predicted molar refractivity (Wildman–Crippen MR) is 104 cm³/mol. The number of carbonyl (C=O) groups is 1. The lowest BCUT2D eigenvalue weighted by atomic mass is 9.99. The molecule has 0 saturated carbocycles. The molecule has 0 aliphatic carbocycles. The number of carbonyl (C=O) groups excluding carboxylic acids is 1. The van der Waals surface area contributed by atoms with Crippen molar-refractivity contribution >= 4 is 44.8 Å². The van der Waals surface area contributed by atoms with Crippen molar-refractivity contribution < 1.29 is 4.79 Å². The highest BCUT2D eigenvalue weighted by Crippen LogP contribution is 2.32. The van der Waals surface area contributed by atoms with Crippen molar-refractivity contribution in [3.8, 4) is 0 Å². The van der Waals surface area contributed by atoms with Crippen molar-refractivity contribution in [1.82, 2.24) is 0 Å². The highest BCUT2D eigenvalue weighted by atomic mass is 79.9. The van der Waals surface area contributed by atoms with Gasteiger partial charge in [0.15, 0.2) is 0 Å². The Kier molecular flexibility index (Phi) is 5.47. The van der Waals surface area contributed by atoms with Crippen LogP contribution in [0.4, 0.5) is 11.4 Å². The number of hydrogen-bond acceptors (Lipinski definition) is 2. The van der Waals surface area contributed by atoms with Gasteiger partial charge in [0.25, 0.3) is 5.91 Å².